The smallest absolute Gasteiger partial charge is 0.313 e. The Morgan fingerprint density at radius 2 is 2.00 bits per heavy atom. The Bertz CT molecular complexity index is 746. The molecule has 0 saturated carbocycles. The van der Waals surface area contributed by atoms with Crippen molar-refractivity contribution in [2.45, 2.75) is 13.5 Å². The molecule has 98 valence electrons. The lowest BCUT2D eigenvalue weighted by Crippen LogP contribution is -2.38. The van der Waals surface area contributed by atoms with Gasteiger partial charge in [0.15, 0.2) is 5.78 Å². The van der Waals surface area contributed by atoms with Gasteiger partial charge in [0.1, 0.15) is 0 Å². The van der Waals surface area contributed by atoms with Crippen molar-refractivity contribution < 1.29 is 4.79 Å². The van der Waals surface area contributed by atoms with Crippen LogP contribution < -0.4 is 11.2 Å². The second-order valence-corrected chi connectivity index (χ2v) is 4.90. The van der Waals surface area contributed by atoms with Crippen LogP contribution in [-0.2, 0) is 6.54 Å². The molecule has 1 aromatic carbocycles. The molecule has 0 amide bonds. The van der Waals surface area contributed by atoms with Crippen molar-refractivity contribution >= 4 is 21.7 Å². The van der Waals surface area contributed by atoms with Crippen LogP contribution in [-0.4, -0.2) is 15.3 Å². The lowest BCUT2D eigenvalue weighted by Gasteiger charge is -2.07. The molecule has 0 atom stereocenters. The minimum atomic E-state index is -0.577. The highest BCUT2D eigenvalue weighted by molar-refractivity contribution is 9.10. The number of nitrogens with zero attached hydrogens (tertiary/aromatic N) is 1. The first-order valence-electron chi connectivity index (χ1n) is 5.57. The third-order valence-electron chi connectivity index (χ3n) is 2.73. The number of H-pyrrole nitrogens is 1. The van der Waals surface area contributed by atoms with Crippen LogP contribution in [0.15, 0.2) is 44.5 Å². The monoisotopic (exact) mass is 322 g/mol. The summed E-state index contributed by atoms with van der Waals surface area (Å²) in [5, 5.41) is 0. The highest BCUT2D eigenvalue weighted by atomic mass is 79.9. The summed E-state index contributed by atoms with van der Waals surface area (Å²) in [6, 6.07) is 7.28. The number of Topliss-reactive ketones (excluding diaryl/α,β-unsaturated/α-hetero) is 1. The Morgan fingerprint density at radius 3 is 2.63 bits per heavy atom. The van der Waals surface area contributed by atoms with Gasteiger partial charge in [-0.1, -0.05) is 34.1 Å². The summed E-state index contributed by atoms with van der Waals surface area (Å²) >= 11 is 3.36. The van der Waals surface area contributed by atoms with Crippen molar-refractivity contribution in [2.75, 3.05) is 0 Å². The first-order chi connectivity index (χ1) is 9.00. The number of aromatic nitrogens is 2. The molecule has 6 heteroatoms. The van der Waals surface area contributed by atoms with Gasteiger partial charge in [-0.05, 0) is 18.6 Å². The summed E-state index contributed by atoms with van der Waals surface area (Å²) in [7, 11) is 0. The summed E-state index contributed by atoms with van der Waals surface area (Å²) in [6.07, 6.45) is 1.16. The van der Waals surface area contributed by atoms with Crippen molar-refractivity contribution in [1.29, 1.82) is 0 Å². The van der Waals surface area contributed by atoms with E-state index in [1.54, 1.807) is 6.07 Å². The van der Waals surface area contributed by atoms with Gasteiger partial charge < -0.3 is 4.98 Å². The van der Waals surface area contributed by atoms with E-state index >= 15 is 0 Å². The van der Waals surface area contributed by atoms with Gasteiger partial charge in [-0.25, -0.2) is 4.79 Å². The first-order valence-corrected chi connectivity index (χ1v) is 6.37. The molecule has 0 fully saturated rings. The molecule has 19 heavy (non-hydrogen) atoms. The minimum absolute atomic E-state index is 0.0216. The van der Waals surface area contributed by atoms with Gasteiger partial charge in [-0.2, -0.15) is 0 Å². The number of ketones is 1. The van der Waals surface area contributed by atoms with Crippen molar-refractivity contribution in [1.82, 2.24) is 9.55 Å². The summed E-state index contributed by atoms with van der Waals surface area (Å²) < 4.78 is 1.81. The number of nitrogens with one attached hydrogen (secondary N) is 1. The summed E-state index contributed by atoms with van der Waals surface area (Å²) in [4.78, 5) is 37.5. The van der Waals surface area contributed by atoms with E-state index in [9.17, 15) is 14.4 Å². The van der Waals surface area contributed by atoms with E-state index in [1.165, 1.54) is 6.92 Å². The Morgan fingerprint density at radius 1 is 1.32 bits per heavy atom. The van der Waals surface area contributed by atoms with Crippen molar-refractivity contribution in [3.8, 4) is 0 Å². The van der Waals surface area contributed by atoms with E-state index in [4.69, 9.17) is 0 Å². The van der Waals surface area contributed by atoms with Crippen LogP contribution in [0.2, 0.25) is 0 Å². The second-order valence-electron chi connectivity index (χ2n) is 4.05. The molecule has 5 nitrogen and oxygen atoms in total. The van der Waals surface area contributed by atoms with Crippen LogP contribution in [0.1, 0.15) is 22.8 Å². The predicted molar refractivity (Wildman–Crippen MR) is 74.6 cm³/mol. The fourth-order valence-electron chi connectivity index (χ4n) is 1.70. The number of carbonyl (C=O) groups excluding carboxylic acids is 1. The van der Waals surface area contributed by atoms with Crippen LogP contribution in [0, 0.1) is 0 Å². The van der Waals surface area contributed by atoms with E-state index in [1.807, 2.05) is 18.2 Å². The molecule has 1 N–H and O–H groups in total. The minimum Gasteiger partial charge on any atom is -0.313 e. The van der Waals surface area contributed by atoms with Gasteiger partial charge in [0, 0.05) is 10.7 Å². The summed E-state index contributed by atoms with van der Waals surface area (Å²) in [5.41, 5.74) is -0.347. The maximum absolute atomic E-state index is 12.1. The van der Waals surface area contributed by atoms with Crippen LogP contribution in [0.4, 0.5) is 0 Å². The molecule has 1 heterocycles. The van der Waals surface area contributed by atoms with Crippen molar-refractivity contribution in [3.05, 3.63) is 66.9 Å². The predicted octanol–water partition coefficient (Wildman–Crippen LogP) is 1.55. The van der Waals surface area contributed by atoms with E-state index in [0.29, 0.717) is 0 Å². The fourth-order valence-corrected chi connectivity index (χ4v) is 2.11. The normalized spacial score (nSPS) is 10.4. The summed E-state index contributed by atoms with van der Waals surface area (Å²) in [6.45, 7) is 1.40. The van der Waals surface area contributed by atoms with Gasteiger partial charge in [0.2, 0.25) is 0 Å². The molecule has 0 unspecified atom stereocenters. The number of carbonyl (C=O) groups is 1. The standard InChI is InChI=1S/C13H11BrN2O3/c1-8(17)10-6-15-13(19)16(12(10)18)7-9-4-2-3-5-11(9)14/h2-6H,7H2,1H3,(H,15,19). The molecular formula is C13H11BrN2O3. The van der Waals surface area contributed by atoms with Crippen LogP contribution in [0.3, 0.4) is 0 Å². The molecule has 0 aliphatic heterocycles. The molecule has 2 rings (SSSR count). The number of hydrogen-bond acceptors (Lipinski definition) is 3. The third kappa shape index (κ3) is 2.73. The average molecular weight is 323 g/mol. The van der Waals surface area contributed by atoms with E-state index < -0.39 is 11.2 Å². The van der Waals surface area contributed by atoms with E-state index in [-0.39, 0.29) is 17.9 Å². The zero-order valence-corrected chi connectivity index (χ0v) is 11.7. The quantitative estimate of drug-likeness (QED) is 0.871. The number of rotatable bonds is 3. The Hall–Kier alpha value is -1.95. The topological polar surface area (TPSA) is 71.9 Å². The van der Waals surface area contributed by atoms with Gasteiger partial charge in [0.25, 0.3) is 5.56 Å². The molecule has 1 aromatic heterocycles. The highest BCUT2D eigenvalue weighted by Gasteiger charge is 2.12. The SMILES string of the molecule is CC(=O)c1c[nH]c(=O)n(Cc2ccccc2Br)c1=O. The van der Waals surface area contributed by atoms with E-state index in [0.717, 1.165) is 20.8 Å². The maximum atomic E-state index is 12.1. The molecule has 0 bridgehead atoms. The van der Waals surface area contributed by atoms with Gasteiger partial charge in [0.05, 0.1) is 12.1 Å². The molecule has 0 saturated heterocycles. The Kier molecular flexibility index (Phi) is 3.80. The Balaban J connectivity index is 2.55. The summed E-state index contributed by atoms with van der Waals surface area (Å²) in [5.74, 6) is -0.373. The third-order valence-corrected chi connectivity index (χ3v) is 3.50. The lowest BCUT2D eigenvalue weighted by atomic mass is 10.2. The average Bonchev–Trinajstić information content (AvgIpc) is 2.36. The van der Waals surface area contributed by atoms with Gasteiger partial charge in [-0.15, -0.1) is 0 Å². The molecular weight excluding hydrogens is 312 g/mol. The molecule has 0 aliphatic rings. The van der Waals surface area contributed by atoms with Crippen LogP contribution in [0.5, 0.6) is 0 Å². The van der Waals surface area contributed by atoms with Gasteiger partial charge in [-0.3, -0.25) is 14.2 Å². The lowest BCUT2D eigenvalue weighted by molar-refractivity contribution is 0.101. The Labute approximate surface area is 117 Å². The largest absolute Gasteiger partial charge is 0.328 e. The first kappa shape index (κ1) is 13.5. The number of benzene rings is 1. The maximum Gasteiger partial charge on any atom is 0.328 e. The number of aromatic amines is 1. The zero-order chi connectivity index (χ0) is 14.0. The zero-order valence-electron chi connectivity index (χ0n) is 10.1. The highest BCUT2D eigenvalue weighted by Crippen LogP contribution is 2.15. The molecule has 0 aliphatic carbocycles. The van der Waals surface area contributed by atoms with Crippen molar-refractivity contribution in [3.63, 3.8) is 0 Å². The van der Waals surface area contributed by atoms with E-state index in [2.05, 4.69) is 20.9 Å². The molecule has 2 aromatic rings. The van der Waals surface area contributed by atoms with Crippen LogP contribution in [0.25, 0.3) is 0 Å². The molecule has 0 spiro atoms. The number of hydrogen-bond donors (Lipinski definition) is 1. The fraction of sp³-hybridized carbons (Fsp3) is 0.154. The van der Waals surface area contributed by atoms with Gasteiger partial charge >= 0.3 is 5.69 Å². The van der Waals surface area contributed by atoms with Crippen molar-refractivity contribution in [2.24, 2.45) is 0 Å². The van der Waals surface area contributed by atoms with Crippen LogP contribution >= 0.6 is 15.9 Å². The molecule has 0 radical (unpaired) electrons. The number of halogens is 1. The second kappa shape index (κ2) is 5.36.